The van der Waals surface area contributed by atoms with Crippen LogP contribution >= 0.6 is 0 Å². The molecule has 20 heavy (non-hydrogen) atoms. The first-order valence-electron chi connectivity index (χ1n) is 6.88. The van der Waals surface area contributed by atoms with Crippen LogP contribution in [0.2, 0.25) is 0 Å². The van der Waals surface area contributed by atoms with Crippen molar-refractivity contribution in [1.82, 2.24) is 10.6 Å². The lowest BCUT2D eigenvalue weighted by Crippen LogP contribution is -2.49. The zero-order chi connectivity index (χ0) is 15.3. The highest BCUT2D eigenvalue weighted by Gasteiger charge is 2.33. The van der Waals surface area contributed by atoms with Crippen molar-refractivity contribution in [3.8, 4) is 0 Å². The van der Waals surface area contributed by atoms with E-state index in [2.05, 4.69) is 10.6 Å². The number of amides is 2. The van der Waals surface area contributed by atoms with Crippen molar-refractivity contribution in [2.75, 3.05) is 6.54 Å². The molecule has 0 bridgehead atoms. The number of rotatable bonds is 6. The van der Waals surface area contributed by atoms with Gasteiger partial charge in [0.15, 0.2) is 0 Å². The van der Waals surface area contributed by atoms with Crippen LogP contribution in [0, 0.1) is 11.8 Å². The summed E-state index contributed by atoms with van der Waals surface area (Å²) >= 11 is 0. The Kier molecular flexibility index (Phi) is 5.94. The predicted octanol–water partition coefficient (Wildman–Crippen LogP) is -0.545. The van der Waals surface area contributed by atoms with E-state index in [1.807, 2.05) is 13.8 Å². The van der Waals surface area contributed by atoms with Gasteiger partial charge in [-0.25, -0.2) is 0 Å². The maximum Gasteiger partial charge on any atom is 0.308 e. The van der Waals surface area contributed by atoms with Gasteiger partial charge in [0, 0.05) is 6.04 Å². The summed E-state index contributed by atoms with van der Waals surface area (Å²) in [6, 6.07) is -1.00. The van der Waals surface area contributed by atoms with Crippen LogP contribution in [0.4, 0.5) is 0 Å². The Morgan fingerprint density at radius 2 is 1.95 bits per heavy atom. The quantitative estimate of drug-likeness (QED) is 0.522. The Morgan fingerprint density at radius 1 is 1.30 bits per heavy atom. The largest absolute Gasteiger partial charge is 0.481 e. The summed E-state index contributed by atoms with van der Waals surface area (Å²) in [6.07, 6.45) is 2.01. The summed E-state index contributed by atoms with van der Waals surface area (Å²) in [6.45, 7) is 3.46. The molecule has 1 aliphatic rings. The van der Waals surface area contributed by atoms with Gasteiger partial charge in [0.1, 0.15) is 0 Å². The van der Waals surface area contributed by atoms with Crippen molar-refractivity contribution in [3.05, 3.63) is 0 Å². The summed E-state index contributed by atoms with van der Waals surface area (Å²) in [5, 5.41) is 14.1. The van der Waals surface area contributed by atoms with E-state index in [4.69, 9.17) is 10.8 Å². The van der Waals surface area contributed by atoms with Gasteiger partial charge in [-0.15, -0.1) is 0 Å². The molecule has 0 aromatic carbocycles. The monoisotopic (exact) mass is 285 g/mol. The second-order valence-electron chi connectivity index (χ2n) is 5.54. The minimum absolute atomic E-state index is 0.00992. The van der Waals surface area contributed by atoms with E-state index in [9.17, 15) is 14.4 Å². The number of nitrogens with two attached hydrogens (primary N) is 1. The van der Waals surface area contributed by atoms with Crippen molar-refractivity contribution in [1.29, 1.82) is 0 Å². The van der Waals surface area contributed by atoms with E-state index >= 15 is 0 Å². The standard InChI is InChI=1S/C13H23N3O4/c1-7(2)11(14)12(18)15-6-10(17)16-9-5-3-4-8(9)13(19)20/h7-9,11H,3-6,14H2,1-2H3,(H,15,18)(H,16,17)(H,19,20)/t8?,9?,11-/m0/s1. The van der Waals surface area contributed by atoms with Crippen LogP contribution in [0.5, 0.6) is 0 Å². The van der Waals surface area contributed by atoms with Gasteiger partial charge in [-0.3, -0.25) is 14.4 Å². The van der Waals surface area contributed by atoms with Crippen LogP contribution in [-0.2, 0) is 14.4 Å². The van der Waals surface area contributed by atoms with Gasteiger partial charge in [-0.2, -0.15) is 0 Å². The smallest absolute Gasteiger partial charge is 0.308 e. The third-order valence-electron chi connectivity index (χ3n) is 3.62. The molecule has 0 heterocycles. The molecule has 0 aliphatic heterocycles. The van der Waals surface area contributed by atoms with Gasteiger partial charge >= 0.3 is 5.97 Å². The van der Waals surface area contributed by atoms with Crippen LogP contribution in [0.1, 0.15) is 33.1 Å². The number of aliphatic carboxylic acids is 1. The number of hydrogen-bond acceptors (Lipinski definition) is 4. The van der Waals surface area contributed by atoms with E-state index in [1.54, 1.807) is 0 Å². The summed E-state index contributed by atoms with van der Waals surface area (Å²) < 4.78 is 0. The van der Waals surface area contributed by atoms with Crippen LogP contribution in [0.25, 0.3) is 0 Å². The zero-order valence-electron chi connectivity index (χ0n) is 11.9. The van der Waals surface area contributed by atoms with Crippen LogP contribution in [0.3, 0.4) is 0 Å². The average Bonchev–Trinajstić information content (AvgIpc) is 2.83. The molecule has 0 radical (unpaired) electrons. The van der Waals surface area contributed by atoms with E-state index in [1.165, 1.54) is 0 Å². The lowest BCUT2D eigenvalue weighted by Gasteiger charge is -2.19. The molecular weight excluding hydrogens is 262 g/mol. The minimum atomic E-state index is -0.890. The maximum absolute atomic E-state index is 11.7. The van der Waals surface area contributed by atoms with E-state index in [0.717, 1.165) is 6.42 Å². The Hall–Kier alpha value is -1.63. The third-order valence-corrected chi connectivity index (χ3v) is 3.62. The molecule has 7 heteroatoms. The number of carbonyl (C=O) groups is 3. The lowest BCUT2D eigenvalue weighted by atomic mass is 10.0. The van der Waals surface area contributed by atoms with Crippen molar-refractivity contribution < 1.29 is 19.5 Å². The van der Waals surface area contributed by atoms with E-state index in [-0.39, 0.29) is 30.3 Å². The molecule has 3 atom stereocenters. The second-order valence-corrected chi connectivity index (χ2v) is 5.54. The first-order chi connectivity index (χ1) is 9.32. The topological polar surface area (TPSA) is 122 Å². The minimum Gasteiger partial charge on any atom is -0.481 e. The van der Waals surface area contributed by atoms with Gasteiger partial charge in [0.2, 0.25) is 11.8 Å². The molecular formula is C13H23N3O4. The van der Waals surface area contributed by atoms with Gasteiger partial charge < -0.3 is 21.5 Å². The highest BCUT2D eigenvalue weighted by atomic mass is 16.4. The Labute approximate surface area is 118 Å². The number of nitrogens with one attached hydrogen (secondary N) is 2. The number of carboxylic acid groups (broad SMARTS) is 1. The van der Waals surface area contributed by atoms with Crippen LogP contribution < -0.4 is 16.4 Å². The fourth-order valence-electron chi connectivity index (χ4n) is 2.27. The molecule has 0 aromatic heterocycles. The number of hydrogen-bond donors (Lipinski definition) is 4. The van der Waals surface area contributed by atoms with Crippen molar-refractivity contribution >= 4 is 17.8 Å². The normalized spacial score (nSPS) is 23.4. The second kappa shape index (κ2) is 7.23. The molecule has 2 amide bonds. The Bertz CT molecular complexity index is 384. The van der Waals surface area contributed by atoms with Crippen molar-refractivity contribution in [3.63, 3.8) is 0 Å². The molecule has 1 fully saturated rings. The predicted molar refractivity (Wildman–Crippen MR) is 72.7 cm³/mol. The van der Waals surface area contributed by atoms with Gasteiger partial charge in [0.25, 0.3) is 0 Å². The number of carboxylic acids is 1. The van der Waals surface area contributed by atoms with Crippen LogP contribution in [-0.4, -0.2) is 41.5 Å². The number of carbonyl (C=O) groups excluding carboxylic acids is 2. The fourth-order valence-corrected chi connectivity index (χ4v) is 2.27. The summed E-state index contributed by atoms with van der Waals surface area (Å²) in [5.41, 5.74) is 5.65. The molecule has 1 aliphatic carbocycles. The molecule has 1 saturated carbocycles. The molecule has 0 spiro atoms. The molecule has 1 rings (SSSR count). The van der Waals surface area contributed by atoms with E-state index < -0.39 is 17.9 Å². The van der Waals surface area contributed by atoms with Gasteiger partial charge in [0.05, 0.1) is 18.5 Å². The SMILES string of the molecule is CC(C)[C@H](N)C(=O)NCC(=O)NC1CCCC1C(=O)O. The first-order valence-corrected chi connectivity index (χ1v) is 6.88. The molecule has 7 nitrogen and oxygen atoms in total. The highest BCUT2D eigenvalue weighted by Crippen LogP contribution is 2.25. The van der Waals surface area contributed by atoms with E-state index in [0.29, 0.717) is 12.8 Å². The lowest BCUT2D eigenvalue weighted by molar-refractivity contribution is -0.142. The van der Waals surface area contributed by atoms with Crippen molar-refractivity contribution in [2.24, 2.45) is 17.6 Å². The zero-order valence-corrected chi connectivity index (χ0v) is 11.9. The summed E-state index contributed by atoms with van der Waals surface area (Å²) in [5.74, 6) is -2.20. The van der Waals surface area contributed by atoms with Crippen molar-refractivity contribution in [2.45, 2.75) is 45.2 Å². The molecule has 5 N–H and O–H groups in total. The molecule has 2 unspecified atom stereocenters. The molecule has 114 valence electrons. The van der Waals surface area contributed by atoms with Gasteiger partial charge in [-0.1, -0.05) is 20.3 Å². The summed E-state index contributed by atoms with van der Waals surface area (Å²) in [7, 11) is 0. The Morgan fingerprint density at radius 3 is 2.50 bits per heavy atom. The van der Waals surface area contributed by atoms with Gasteiger partial charge in [-0.05, 0) is 18.8 Å². The third kappa shape index (κ3) is 4.48. The Balaban J connectivity index is 2.37. The fraction of sp³-hybridized carbons (Fsp3) is 0.769. The summed E-state index contributed by atoms with van der Waals surface area (Å²) in [4.78, 5) is 34.3. The maximum atomic E-state index is 11.7. The van der Waals surface area contributed by atoms with Crippen LogP contribution in [0.15, 0.2) is 0 Å². The molecule has 0 aromatic rings. The highest BCUT2D eigenvalue weighted by molar-refractivity contribution is 5.87. The molecule has 0 saturated heterocycles. The average molecular weight is 285 g/mol. The first kappa shape index (κ1) is 16.4.